The molecule has 0 aliphatic heterocycles. The third kappa shape index (κ3) is 3.55. The lowest BCUT2D eigenvalue weighted by Gasteiger charge is -2.19. The van der Waals surface area contributed by atoms with E-state index in [-0.39, 0.29) is 5.03 Å². The van der Waals surface area contributed by atoms with Gasteiger partial charge in [0.2, 0.25) is 0 Å². The van der Waals surface area contributed by atoms with Crippen molar-refractivity contribution >= 4 is 15.5 Å². The average molecular weight is 312 g/mol. The first-order chi connectivity index (χ1) is 9.74. The van der Waals surface area contributed by atoms with Crippen molar-refractivity contribution in [3.8, 4) is 0 Å². The van der Waals surface area contributed by atoms with Gasteiger partial charge in [0.25, 0.3) is 0 Å². The van der Waals surface area contributed by atoms with Gasteiger partial charge in [-0.3, -0.25) is 0 Å². The minimum Gasteiger partial charge on any atom is -0.381 e. The van der Waals surface area contributed by atoms with E-state index in [2.05, 4.69) is 10.3 Å². The summed E-state index contributed by atoms with van der Waals surface area (Å²) in [6.45, 7) is 5.04. The number of hydrogen-bond donors (Lipinski definition) is 1. The predicted molar refractivity (Wildman–Crippen MR) is 83.2 cm³/mol. The summed E-state index contributed by atoms with van der Waals surface area (Å²) in [5.74, 6) is 0. The second kappa shape index (κ2) is 5.93. The van der Waals surface area contributed by atoms with E-state index in [1.165, 1.54) is 0 Å². The van der Waals surface area contributed by atoms with Crippen molar-refractivity contribution in [1.29, 1.82) is 0 Å². The molecular weight excluding hydrogens is 288 g/mol. The number of hydrogen-bond acceptors (Lipinski definition) is 5. The first kappa shape index (κ1) is 16.2. The van der Waals surface area contributed by atoms with Crippen molar-refractivity contribution in [3.63, 3.8) is 0 Å². The molecule has 0 radical (unpaired) electrons. The van der Waals surface area contributed by atoms with Crippen LogP contribution in [0.3, 0.4) is 0 Å². The third-order valence-corrected chi connectivity index (χ3v) is 6.31. The molecular formula is C15H24N2O3S. The van der Waals surface area contributed by atoms with Gasteiger partial charge in [0.15, 0.2) is 14.9 Å². The number of nitrogens with zero attached hydrogens (tertiary/aromatic N) is 1. The Balaban J connectivity index is 2.07. The van der Waals surface area contributed by atoms with Gasteiger partial charge in [0.05, 0.1) is 22.7 Å². The minimum absolute atomic E-state index is 0.127. The van der Waals surface area contributed by atoms with Crippen LogP contribution in [0.5, 0.6) is 0 Å². The van der Waals surface area contributed by atoms with Crippen LogP contribution >= 0.6 is 0 Å². The van der Waals surface area contributed by atoms with Crippen LogP contribution in [-0.2, 0) is 14.6 Å². The second-order valence-electron chi connectivity index (χ2n) is 6.51. The van der Waals surface area contributed by atoms with Gasteiger partial charge < -0.3 is 10.1 Å². The Morgan fingerprint density at radius 3 is 2.48 bits per heavy atom. The Morgan fingerprint density at radius 1 is 1.29 bits per heavy atom. The lowest BCUT2D eigenvalue weighted by Crippen LogP contribution is -2.28. The van der Waals surface area contributed by atoms with Crippen LogP contribution in [-0.4, -0.2) is 37.4 Å². The zero-order valence-corrected chi connectivity index (χ0v) is 13.9. The van der Waals surface area contributed by atoms with Crippen LogP contribution < -0.4 is 5.32 Å². The Morgan fingerprint density at radius 2 is 2.00 bits per heavy atom. The SMILES string of the molecule is COC1CCC(Nc2ccc(S(=O)(=O)C(C)(C)C)nc2)C1. The normalized spacial score (nSPS) is 23.2. The van der Waals surface area contributed by atoms with Crippen molar-refractivity contribution < 1.29 is 13.2 Å². The van der Waals surface area contributed by atoms with Gasteiger partial charge >= 0.3 is 0 Å². The summed E-state index contributed by atoms with van der Waals surface area (Å²) in [6.07, 6.45) is 4.99. The molecule has 1 aromatic rings. The molecule has 0 aromatic carbocycles. The Hall–Kier alpha value is -1.14. The minimum atomic E-state index is -3.39. The van der Waals surface area contributed by atoms with Crippen molar-refractivity contribution in [2.24, 2.45) is 0 Å². The number of rotatable bonds is 4. The number of aromatic nitrogens is 1. The van der Waals surface area contributed by atoms with E-state index in [4.69, 9.17) is 4.74 Å². The van der Waals surface area contributed by atoms with Crippen molar-refractivity contribution in [2.45, 2.75) is 62.0 Å². The second-order valence-corrected chi connectivity index (χ2v) is 9.16. The van der Waals surface area contributed by atoms with Crippen LogP contribution in [0.2, 0.25) is 0 Å². The molecule has 118 valence electrons. The highest BCUT2D eigenvalue weighted by molar-refractivity contribution is 7.92. The fourth-order valence-corrected chi connectivity index (χ4v) is 3.53. The molecule has 0 amide bonds. The molecule has 0 spiro atoms. The summed E-state index contributed by atoms with van der Waals surface area (Å²) < 4.78 is 29.1. The van der Waals surface area contributed by atoms with Gasteiger partial charge in [0.1, 0.15) is 0 Å². The molecule has 1 aliphatic rings. The molecule has 5 nitrogen and oxygen atoms in total. The molecule has 2 atom stereocenters. The molecule has 21 heavy (non-hydrogen) atoms. The summed E-state index contributed by atoms with van der Waals surface area (Å²) in [5, 5.41) is 3.51. The molecule has 0 saturated heterocycles. The van der Waals surface area contributed by atoms with Gasteiger partial charge in [-0.2, -0.15) is 0 Å². The molecule has 2 unspecified atom stereocenters. The van der Waals surface area contributed by atoms with Crippen LogP contribution in [0.25, 0.3) is 0 Å². The summed E-state index contributed by atoms with van der Waals surface area (Å²) >= 11 is 0. The highest BCUT2D eigenvalue weighted by Crippen LogP contribution is 2.26. The molecule has 0 bridgehead atoms. The van der Waals surface area contributed by atoms with Gasteiger partial charge in [-0.25, -0.2) is 13.4 Å². The van der Waals surface area contributed by atoms with Gasteiger partial charge in [-0.05, 0) is 52.2 Å². The molecule has 6 heteroatoms. The molecule has 1 heterocycles. The largest absolute Gasteiger partial charge is 0.381 e. The number of ether oxygens (including phenoxy) is 1. The average Bonchev–Trinajstić information content (AvgIpc) is 2.86. The molecule has 1 N–H and O–H groups in total. The number of pyridine rings is 1. The lowest BCUT2D eigenvalue weighted by molar-refractivity contribution is 0.108. The number of sulfone groups is 1. The maximum Gasteiger partial charge on any atom is 0.200 e. The Labute approximate surface area is 127 Å². The molecule has 2 rings (SSSR count). The maximum atomic E-state index is 12.3. The summed E-state index contributed by atoms with van der Waals surface area (Å²) in [4.78, 5) is 4.12. The van der Waals surface area contributed by atoms with E-state index < -0.39 is 14.6 Å². The summed E-state index contributed by atoms with van der Waals surface area (Å²) in [7, 11) is -1.66. The lowest BCUT2D eigenvalue weighted by atomic mass is 10.2. The van der Waals surface area contributed by atoms with Gasteiger partial charge in [-0.15, -0.1) is 0 Å². The Kier molecular flexibility index (Phi) is 4.58. The third-order valence-electron chi connectivity index (χ3n) is 3.91. The topological polar surface area (TPSA) is 68.3 Å². The summed E-state index contributed by atoms with van der Waals surface area (Å²) in [6, 6.07) is 3.72. The highest BCUT2D eigenvalue weighted by atomic mass is 32.2. The molecule has 1 fully saturated rings. The fraction of sp³-hybridized carbons (Fsp3) is 0.667. The van der Waals surface area contributed by atoms with E-state index in [1.54, 1.807) is 46.2 Å². The smallest absolute Gasteiger partial charge is 0.200 e. The predicted octanol–water partition coefficient (Wildman–Crippen LogP) is 2.63. The van der Waals surface area contributed by atoms with Crippen LogP contribution in [0, 0.1) is 0 Å². The van der Waals surface area contributed by atoms with E-state index in [0.717, 1.165) is 24.9 Å². The molecule has 1 aromatic heterocycles. The van der Waals surface area contributed by atoms with Crippen LogP contribution in [0.15, 0.2) is 23.4 Å². The van der Waals surface area contributed by atoms with Crippen molar-refractivity contribution in [2.75, 3.05) is 12.4 Å². The van der Waals surface area contributed by atoms with Gasteiger partial charge in [-0.1, -0.05) is 0 Å². The van der Waals surface area contributed by atoms with E-state index in [0.29, 0.717) is 12.1 Å². The highest BCUT2D eigenvalue weighted by Gasteiger charge is 2.32. The van der Waals surface area contributed by atoms with E-state index in [1.807, 2.05) is 0 Å². The van der Waals surface area contributed by atoms with E-state index in [9.17, 15) is 8.42 Å². The molecule has 1 aliphatic carbocycles. The van der Waals surface area contributed by atoms with Gasteiger partial charge in [0, 0.05) is 13.2 Å². The number of anilines is 1. The summed E-state index contributed by atoms with van der Waals surface area (Å²) in [5.41, 5.74) is 0.851. The molecule has 1 saturated carbocycles. The monoisotopic (exact) mass is 312 g/mol. The van der Waals surface area contributed by atoms with Crippen LogP contribution in [0.4, 0.5) is 5.69 Å². The first-order valence-corrected chi connectivity index (χ1v) is 8.72. The van der Waals surface area contributed by atoms with Crippen LogP contribution in [0.1, 0.15) is 40.0 Å². The Bertz CT molecular complexity index is 576. The van der Waals surface area contributed by atoms with Crippen molar-refractivity contribution in [3.05, 3.63) is 18.3 Å². The quantitative estimate of drug-likeness (QED) is 0.925. The standard InChI is InChI=1S/C15H24N2O3S/c1-15(2,3)21(18,19)14-8-6-12(10-16-14)17-11-5-7-13(9-11)20-4/h6,8,10-11,13,17H,5,7,9H2,1-4H3. The van der Waals surface area contributed by atoms with E-state index >= 15 is 0 Å². The zero-order valence-electron chi connectivity index (χ0n) is 13.1. The number of methoxy groups -OCH3 is 1. The number of nitrogens with one attached hydrogen (secondary N) is 1. The zero-order chi connectivity index (χ0) is 15.7. The first-order valence-electron chi connectivity index (χ1n) is 7.24. The maximum absolute atomic E-state index is 12.3. The fourth-order valence-electron chi connectivity index (χ4n) is 2.46. The van der Waals surface area contributed by atoms with Crippen molar-refractivity contribution in [1.82, 2.24) is 4.98 Å².